The quantitative estimate of drug-likeness (QED) is 0.373. The van der Waals surface area contributed by atoms with Crippen molar-refractivity contribution in [3.63, 3.8) is 0 Å². The monoisotopic (exact) mass is 402 g/mol. The summed E-state index contributed by atoms with van der Waals surface area (Å²) in [5, 5.41) is 6.49. The van der Waals surface area contributed by atoms with Crippen LogP contribution in [0.25, 0.3) is 0 Å². The van der Waals surface area contributed by atoms with Crippen molar-refractivity contribution in [2.45, 2.75) is 32.7 Å². The van der Waals surface area contributed by atoms with Gasteiger partial charge < -0.3 is 25.0 Å². The highest BCUT2D eigenvalue weighted by molar-refractivity contribution is 5.85. The summed E-state index contributed by atoms with van der Waals surface area (Å²) in [4.78, 5) is 19.0. The van der Waals surface area contributed by atoms with Gasteiger partial charge in [0.05, 0.1) is 13.2 Å². The molecule has 1 amide bonds. The van der Waals surface area contributed by atoms with Crippen molar-refractivity contribution in [2.24, 2.45) is 10.9 Å². The van der Waals surface area contributed by atoms with Gasteiger partial charge in [-0.15, -0.1) is 0 Å². The molecule has 1 aromatic rings. The summed E-state index contributed by atoms with van der Waals surface area (Å²) in [7, 11) is 0. The van der Waals surface area contributed by atoms with E-state index in [-0.39, 0.29) is 12.5 Å². The normalized spacial score (nSPS) is 19.1. The van der Waals surface area contributed by atoms with E-state index in [1.54, 1.807) is 0 Å². The van der Waals surface area contributed by atoms with Crippen LogP contribution in [0.3, 0.4) is 0 Å². The first-order valence-corrected chi connectivity index (χ1v) is 10.8. The summed E-state index contributed by atoms with van der Waals surface area (Å²) < 4.78 is 11.1. The number of carbonyl (C=O) groups is 1. The number of hydrogen-bond donors (Lipinski definition) is 2. The number of fused-ring (bicyclic) bond motifs is 1. The highest BCUT2D eigenvalue weighted by atomic mass is 16.5. The lowest BCUT2D eigenvalue weighted by atomic mass is 10.00. The lowest BCUT2D eigenvalue weighted by Crippen LogP contribution is -2.41. The average Bonchev–Trinajstić information content (AvgIpc) is 3.27. The number of guanidine groups is 1. The molecule has 0 aromatic heterocycles. The molecule has 29 heavy (non-hydrogen) atoms. The third-order valence-corrected chi connectivity index (χ3v) is 5.34. The zero-order valence-electron chi connectivity index (χ0n) is 17.5. The predicted molar refractivity (Wildman–Crippen MR) is 114 cm³/mol. The van der Waals surface area contributed by atoms with E-state index in [0.717, 1.165) is 65.3 Å². The van der Waals surface area contributed by atoms with Gasteiger partial charge in [0.1, 0.15) is 6.54 Å². The van der Waals surface area contributed by atoms with Crippen molar-refractivity contribution in [1.82, 2.24) is 15.5 Å². The fraction of sp³-hybridized carbons (Fsp3) is 0.636. The average molecular weight is 403 g/mol. The molecule has 1 aromatic carbocycles. The number of carbonyl (C=O) groups excluding carboxylic acids is 1. The minimum Gasteiger partial charge on any atom is -0.381 e. The maximum absolute atomic E-state index is 12.6. The number of nitrogens with zero attached hydrogens (tertiary/aromatic N) is 2. The van der Waals surface area contributed by atoms with Crippen LogP contribution in [-0.2, 0) is 27.2 Å². The van der Waals surface area contributed by atoms with Gasteiger partial charge in [0, 0.05) is 45.3 Å². The molecule has 0 bridgehead atoms. The molecule has 0 radical (unpaired) electrons. The fourth-order valence-electron chi connectivity index (χ4n) is 3.64. The molecule has 3 rings (SSSR count). The number of nitrogens with one attached hydrogen (secondary N) is 2. The highest BCUT2D eigenvalue weighted by Crippen LogP contribution is 2.18. The second kappa shape index (κ2) is 11.8. The van der Waals surface area contributed by atoms with Crippen molar-refractivity contribution < 1.29 is 14.3 Å². The zero-order valence-corrected chi connectivity index (χ0v) is 17.5. The Morgan fingerprint density at radius 2 is 2.17 bits per heavy atom. The van der Waals surface area contributed by atoms with Crippen molar-refractivity contribution in [3.05, 3.63) is 35.4 Å². The summed E-state index contributed by atoms with van der Waals surface area (Å²) in [6.45, 7) is 8.33. The van der Waals surface area contributed by atoms with Crippen LogP contribution in [0.5, 0.6) is 0 Å². The Kier molecular flexibility index (Phi) is 8.77. The van der Waals surface area contributed by atoms with Gasteiger partial charge in [-0.2, -0.15) is 0 Å². The first-order chi connectivity index (χ1) is 14.3. The number of amides is 1. The summed E-state index contributed by atoms with van der Waals surface area (Å²) in [6, 6.07) is 8.34. The molecule has 2 aliphatic heterocycles. The summed E-state index contributed by atoms with van der Waals surface area (Å²) >= 11 is 0. The SMILES string of the molecule is CCNC(=NCC(=O)N1CCc2ccccc2C1)NCCCOCC1CCOC1. The topological polar surface area (TPSA) is 75.2 Å². The maximum atomic E-state index is 12.6. The first kappa shape index (κ1) is 21.6. The van der Waals surface area contributed by atoms with Crippen molar-refractivity contribution >= 4 is 11.9 Å². The Morgan fingerprint density at radius 3 is 2.97 bits per heavy atom. The third kappa shape index (κ3) is 7.01. The van der Waals surface area contributed by atoms with E-state index >= 15 is 0 Å². The van der Waals surface area contributed by atoms with Gasteiger partial charge >= 0.3 is 0 Å². The molecule has 0 aliphatic carbocycles. The smallest absolute Gasteiger partial charge is 0.244 e. The molecule has 1 atom stereocenters. The number of benzene rings is 1. The van der Waals surface area contributed by atoms with Gasteiger partial charge in [0.2, 0.25) is 5.91 Å². The number of aliphatic imine (C=N–C) groups is 1. The van der Waals surface area contributed by atoms with E-state index < -0.39 is 0 Å². The van der Waals surface area contributed by atoms with Crippen LogP contribution in [0.4, 0.5) is 0 Å². The Labute approximate surface area is 173 Å². The van der Waals surface area contributed by atoms with Crippen LogP contribution in [0, 0.1) is 5.92 Å². The van der Waals surface area contributed by atoms with Gasteiger partial charge in [0.25, 0.3) is 0 Å². The lowest BCUT2D eigenvalue weighted by Gasteiger charge is -2.28. The molecule has 1 fully saturated rings. The second-order valence-corrected chi connectivity index (χ2v) is 7.61. The molecule has 160 valence electrons. The summed E-state index contributed by atoms with van der Waals surface area (Å²) in [5.74, 6) is 1.30. The first-order valence-electron chi connectivity index (χ1n) is 10.8. The van der Waals surface area contributed by atoms with E-state index in [1.807, 2.05) is 17.9 Å². The molecule has 7 heteroatoms. The Balaban J connectivity index is 1.36. The van der Waals surface area contributed by atoms with Crippen LogP contribution in [0.1, 0.15) is 30.9 Å². The van der Waals surface area contributed by atoms with Crippen molar-refractivity contribution in [3.8, 4) is 0 Å². The molecular weight excluding hydrogens is 368 g/mol. The molecule has 2 aliphatic rings. The molecule has 2 heterocycles. The number of hydrogen-bond acceptors (Lipinski definition) is 4. The van der Waals surface area contributed by atoms with Crippen LogP contribution >= 0.6 is 0 Å². The second-order valence-electron chi connectivity index (χ2n) is 7.61. The summed E-state index contributed by atoms with van der Waals surface area (Å²) in [6.07, 6.45) is 2.91. The van der Waals surface area contributed by atoms with Gasteiger partial charge in [-0.3, -0.25) is 4.79 Å². The van der Waals surface area contributed by atoms with Crippen LogP contribution in [0.2, 0.25) is 0 Å². The molecular formula is C22H34N4O3. The van der Waals surface area contributed by atoms with E-state index in [2.05, 4.69) is 33.8 Å². The lowest BCUT2D eigenvalue weighted by molar-refractivity contribution is -0.130. The van der Waals surface area contributed by atoms with Gasteiger partial charge in [-0.25, -0.2) is 4.99 Å². The number of ether oxygens (including phenoxy) is 2. The van der Waals surface area contributed by atoms with Crippen LogP contribution in [0.15, 0.2) is 29.3 Å². The summed E-state index contributed by atoms with van der Waals surface area (Å²) in [5.41, 5.74) is 2.59. The Hall–Kier alpha value is -2.12. The van der Waals surface area contributed by atoms with Crippen LogP contribution in [-0.4, -0.2) is 69.4 Å². The molecule has 1 unspecified atom stereocenters. The van der Waals surface area contributed by atoms with E-state index in [0.29, 0.717) is 18.4 Å². The molecule has 1 saturated heterocycles. The van der Waals surface area contributed by atoms with Crippen LogP contribution < -0.4 is 10.6 Å². The van der Waals surface area contributed by atoms with Crippen molar-refractivity contribution in [2.75, 3.05) is 52.6 Å². The minimum absolute atomic E-state index is 0.0684. The molecule has 7 nitrogen and oxygen atoms in total. The number of rotatable bonds is 9. The minimum atomic E-state index is 0.0684. The molecule has 2 N–H and O–H groups in total. The highest BCUT2D eigenvalue weighted by Gasteiger charge is 2.20. The molecule has 0 spiro atoms. The fourth-order valence-corrected chi connectivity index (χ4v) is 3.64. The van der Waals surface area contributed by atoms with Crippen molar-refractivity contribution in [1.29, 1.82) is 0 Å². The largest absolute Gasteiger partial charge is 0.381 e. The third-order valence-electron chi connectivity index (χ3n) is 5.34. The van der Waals surface area contributed by atoms with Gasteiger partial charge in [-0.05, 0) is 37.3 Å². The zero-order chi connectivity index (χ0) is 20.3. The van der Waals surface area contributed by atoms with E-state index in [9.17, 15) is 4.79 Å². The van der Waals surface area contributed by atoms with Gasteiger partial charge in [0.15, 0.2) is 5.96 Å². The van der Waals surface area contributed by atoms with Gasteiger partial charge in [-0.1, -0.05) is 24.3 Å². The maximum Gasteiger partial charge on any atom is 0.244 e. The van der Waals surface area contributed by atoms with E-state index in [4.69, 9.17) is 9.47 Å². The predicted octanol–water partition coefficient (Wildman–Crippen LogP) is 1.57. The van der Waals surface area contributed by atoms with E-state index in [1.165, 1.54) is 11.1 Å². The Bertz CT molecular complexity index is 674. The Morgan fingerprint density at radius 1 is 1.31 bits per heavy atom. The standard InChI is InChI=1S/C22H34N4O3/c1-2-23-22(24-10-5-12-28-16-18-9-13-29-17-18)25-14-21(27)26-11-8-19-6-3-4-7-20(19)15-26/h3-4,6-7,18H,2,5,8-17H2,1H3,(H2,23,24,25). The molecule has 0 saturated carbocycles.